The number of ether oxygens (including phenoxy) is 2. The van der Waals surface area contributed by atoms with Crippen molar-refractivity contribution in [2.24, 2.45) is 5.41 Å². The zero-order valence-corrected chi connectivity index (χ0v) is 12.1. The molecule has 1 saturated heterocycles. The smallest absolute Gasteiger partial charge is 0.142 e. The van der Waals surface area contributed by atoms with Gasteiger partial charge in [0, 0.05) is 24.6 Å². The Morgan fingerprint density at radius 2 is 2.00 bits per heavy atom. The molecule has 0 spiro atoms. The van der Waals surface area contributed by atoms with E-state index in [0.717, 1.165) is 36.7 Å². The molecule has 1 fully saturated rings. The van der Waals surface area contributed by atoms with Gasteiger partial charge in [0.05, 0.1) is 26.0 Å². The summed E-state index contributed by atoms with van der Waals surface area (Å²) in [5.74, 6) is 1.66. The highest BCUT2D eigenvalue weighted by atomic mass is 16.5. The molecule has 0 radical (unpaired) electrons. The Morgan fingerprint density at radius 3 is 2.58 bits per heavy atom. The van der Waals surface area contributed by atoms with E-state index in [1.807, 2.05) is 18.2 Å². The molecule has 4 heteroatoms. The summed E-state index contributed by atoms with van der Waals surface area (Å²) < 4.78 is 10.7. The summed E-state index contributed by atoms with van der Waals surface area (Å²) in [6, 6.07) is 5.81. The summed E-state index contributed by atoms with van der Waals surface area (Å²) in [6.45, 7) is 5.82. The minimum absolute atomic E-state index is 0.119. The SMILES string of the molecule is COc1ccc(OC)c(N2CCC(O)C(C)(C)C2)c1. The molecule has 2 rings (SSSR count). The number of rotatable bonds is 3. The van der Waals surface area contributed by atoms with Gasteiger partial charge in [-0.15, -0.1) is 0 Å². The predicted molar refractivity (Wildman–Crippen MR) is 76.2 cm³/mol. The zero-order valence-electron chi connectivity index (χ0n) is 12.1. The molecule has 1 aliphatic heterocycles. The second kappa shape index (κ2) is 5.29. The molecule has 0 aliphatic carbocycles. The van der Waals surface area contributed by atoms with Crippen LogP contribution in [0.1, 0.15) is 20.3 Å². The van der Waals surface area contributed by atoms with Gasteiger partial charge in [0.2, 0.25) is 0 Å². The van der Waals surface area contributed by atoms with Gasteiger partial charge in [0.25, 0.3) is 0 Å². The van der Waals surface area contributed by atoms with Crippen LogP contribution in [0.5, 0.6) is 11.5 Å². The lowest BCUT2D eigenvalue weighted by atomic mass is 9.81. The van der Waals surface area contributed by atoms with Crippen molar-refractivity contribution in [3.63, 3.8) is 0 Å². The Morgan fingerprint density at radius 1 is 1.26 bits per heavy atom. The number of aliphatic hydroxyl groups is 1. The Balaban J connectivity index is 2.30. The maximum absolute atomic E-state index is 10.0. The van der Waals surface area contributed by atoms with Crippen LogP contribution in [0, 0.1) is 5.41 Å². The first-order valence-corrected chi connectivity index (χ1v) is 6.63. The van der Waals surface area contributed by atoms with Crippen molar-refractivity contribution in [3.8, 4) is 11.5 Å². The summed E-state index contributed by atoms with van der Waals surface area (Å²) >= 11 is 0. The van der Waals surface area contributed by atoms with Gasteiger partial charge in [-0.05, 0) is 18.6 Å². The van der Waals surface area contributed by atoms with Crippen molar-refractivity contribution in [2.45, 2.75) is 26.4 Å². The molecule has 19 heavy (non-hydrogen) atoms. The molecule has 1 N–H and O–H groups in total. The molecule has 106 valence electrons. The third-order valence-corrected chi connectivity index (χ3v) is 3.90. The van der Waals surface area contributed by atoms with Gasteiger partial charge in [-0.2, -0.15) is 0 Å². The second-order valence-electron chi connectivity index (χ2n) is 5.75. The largest absolute Gasteiger partial charge is 0.497 e. The molecule has 0 aromatic heterocycles. The van der Waals surface area contributed by atoms with Gasteiger partial charge >= 0.3 is 0 Å². The summed E-state index contributed by atoms with van der Waals surface area (Å²) in [7, 11) is 3.34. The molecule has 1 aliphatic rings. The number of piperidine rings is 1. The number of methoxy groups -OCH3 is 2. The fraction of sp³-hybridized carbons (Fsp3) is 0.600. The van der Waals surface area contributed by atoms with E-state index in [1.165, 1.54) is 0 Å². The molecule has 0 saturated carbocycles. The number of hydrogen-bond acceptors (Lipinski definition) is 4. The molecular formula is C15H23NO3. The molecule has 1 atom stereocenters. The summed E-state index contributed by atoms with van der Waals surface area (Å²) in [5.41, 5.74) is 0.911. The molecular weight excluding hydrogens is 242 g/mol. The van der Waals surface area contributed by atoms with E-state index in [0.29, 0.717) is 0 Å². The fourth-order valence-electron chi connectivity index (χ4n) is 2.59. The molecule has 4 nitrogen and oxygen atoms in total. The minimum atomic E-state index is -0.250. The van der Waals surface area contributed by atoms with E-state index < -0.39 is 0 Å². The Labute approximate surface area is 114 Å². The maximum atomic E-state index is 10.0. The van der Waals surface area contributed by atoms with Crippen molar-refractivity contribution in [1.82, 2.24) is 0 Å². The van der Waals surface area contributed by atoms with Crippen molar-refractivity contribution >= 4 is 5.69 Å². The van der Waals surface area contributed by atoms with E-state index in [-0.39, 0.29) is 11.5 Å². The zero-order chi connectivity index (χ0) is 14.0. The van der Waals surface area contributed by atoms with Gasteiger partial charge in [0.1, 0.15) is 11.5 Å². The van der Waals surface area contributed by atoms with Crippen molar-refractivity contribution in [1.29, 1.82) is 0 Å². The van der Waals surface area contributed by atoms with Gasteiger partial charge in [-0.25, -0.2) is 0 Å². The van der Waals surface area contributed by atoms with E-state index in [2.05, 4.69) is 18.7 Å². The standard InChI is InChI=1S/C15H23NO3/c1-15(2)10-16(8-7-14(15)17)12-9-11(18-3)5-6-13(12)19-4/h5-6,9,14,17H,7-8,10H2,1-4H3. The highest BCUT2D eigenvalue weighted by Crippen LogP contribution is 2.38. The lowest BCUT2D eigenvalue weighted by Gasteiger charge is -2.43. The average molecular weight is 265 g/mol. The first-order chi connectivity index (χ1) is 8.97. The van der Waals surface area contributed by atoms with Crippen molar-refractivity contribution < 1.29 is 14.6 Å². The molecule has 0 bridgehead atoms. The minimum Gasteiger partial charge on any atom is -0.497 e. The molecule has 0 amide bonds. The topological polar surface area (TPSA) is 41.9 Å². The normalized spacial score (nSPS) is 22.2. The van der Waals surface area contributed by atoms with Crippen LogP contribution in [-0.2, 0) is 0 Å². The van der Waals surface area contributed by atoms with Crippen LogP contribution in [-0.4, -0.2) is 38.5 Å². The Bertz CT molecular complexity index is 445. The molecule has 1 unspecified atom stereocenters. The van der Waals surface area contributed by atoms with E-state index in [9.17, 15) is 5.11 Å². The maximum Gasteiger partial charge on any atom is 0.142 e. The second-order valence-corrected chi connectivity index (χ2v) is 5.75. The van der Waals surface area contributed by atoms with Gasteiger partial charge in [0.15, 0.2) is 0 Å². The summed E-state index contributed by atoms with van der Waals surface area (Å²) in [5, 5.41) is 10.0. The lowest BCUT2D eigenvalue weighted by molar-refractivity contribution is 0.0335. The van der Waals surface area contributed by atoms with Gasteiger partial charge < -0.3 is 19.5 Å². The van der Waals surface area contributed by atoms with E-state index in [1.54, 1.807) is 14.2 Å². The van der Waals surface area contributed by atoms with Gasteiger partial charge in [-0.3, -0.25) is 0 Å². The third kappa shape index (κ3) is 2.78. The fourth-order valence-corrected chi connectivity index (χ4v) is 2.59. The number of hydrogen-bond donors (Lipinski definition) is 1. The Hall–Kier alpha value is -1.42. The average Bonchev–Trinajstić information content (AvgIpc) is 2.41. The van der Waals surface area contributed by atoms with Crippen LogP contribution in [0.2, 0.25) is 0 Å². The van der Waals surface area contributed by atoms with Crippen LogP contribution in [0.4, 0.5) is 5.69 Å². The number of anilines is 1. The van der Waals surface area contributed by atoms with Crippen molar-refractivity contribution in [3.05, 3.63) is 18.2 Å². The third-order valence-electron chi connectivity index (χ3n) is 3.90. The van der Waals surface area contributed by atoms with Crippen LogP contribution in [0.15, 0.2) is 18.2 Å². The van der Waals surface area contributed by atoms with Crippen LogP contribution in [0.25, 0.3) is 0 Å². The highest BCUT2D eigenvalue weighted by molar-refractivity contribution is 5.62. The monoisotopic (exact) mass is 265 g/mol. The quantitative estimate of drug-likeness (QED) is 0.910. The predicted octanol–water partition coefficient (Wildman–Crippen LogP) is 2.30. The van der Waals surface area contributed by atoms with Crippen LogP contribution in [0.3, 0.4) is 0 Å². The van der Waals surface area contributed by atoms with Crippen LogP contribution >= 0.6 is 0 Å². The van der Waals surface area contributed by atoms with Crippen LogP contribution < -0.4 is 14.4 Å². The molecule has 1 aromatic carbocycles. The highest BCUT2D eigenvalue weighted by Gasteiger charge is 2.35. The van der Waals surface area contributed by atoms with E-state index in [4.69, 9.17) is 9.47 Å². The molecule has 1 aromatic rings. The molecule has 1 heterocycles. The Kier molecular flexibility index (Phi) is 3.90. The first-order valence-electron chi connectivity index (χ1n) is 6.63. The van der Waals surface area contributed by atoms with Crippen molar-refractivity contribution in [2.75, 3.05) is 32.2 Å². The number of benzene rings is 1. The summed E-state index contributed by atoms with van der Waals surface area (Å²) in [4.78, 5) is 2.26. The summed E-state index contributed by atoms with van der Waals surface area (Å²) in [6.07, 6.45) is 0.522. The first kappa shape index (κ1) is 14.0. The number of aliphatic hydroxyl groups excluding tert-OH is 1. The van der Waals surface area contributed by atoms with Gasteiger partial charge in [-0.1, -0.05) is 13.8 Å². The lowest BCUT2D eigenvalue weighted by Crippen LogP contribution is -2.48. The van der Waals surface area contributed by atoms with E-state index >= 15 is 0 Å². The number of nitrogens with zero attached hydrogens (tertiary/aromatic N) is 1.